The highest BCUT2D eigenvalue weighted by atomic mass is 79.9. The normalized spacial score (nSPS) is 11.4. The third-order valence-corrected chi connectivity index (χ3v) is 4.86. The van der Waals surface area contributed by atoms with Crippen LogP contribution in [0.4, 0.5) is 4.39 Å². The van der Waals surface area contributed by atoms with Crippen LogP contribution < -0.4 is 4.74 Å². The lowest BCUT2D eigenvalue weighted by Gasteiger charge is -2.10. The Bertz CT molecular complexity index is 781. The summed E-state index contributed by atoms with van der Waals surface area (Å²) in [4.78, 5) is -0.0580. The third-order valence-electron chi connectivity index (χ3n) is 2.60. The summed E-state index contributed by atoms with van der Waals surface area (Å²) in [5.41, 5.74) is 0.295. The zero-order valence-electron chi connectivity index (χ0n) is 10.3. The minimum absolute atomic E-state index is 0.0127. The summed E-state index contributed by atoms with van der Waals surface area (Å²) < 4.78 is 41.9. The minimum atomic E-state index is -3.81. The molecule has 2 rings (SSSR count). The fourth-order valence-electron chi connectivity index (χ4n) is 1.57. The summed E-state index contributed by atoms with van der Waals surface area (Å²) in [5, 5.41) is 0.0127. The van der Waals surface area contributed by atoms with E-state index >= 15 is 0 Å². The van der Waals surface area contributed by atoms with Gasteiger partial charge >= 0.3 is 0 Å². The highest BCUT2D eigenvalue weighted by Crippen LogP contribution is 2.30. The van der Waals surface area contributed by atoms with Gasteiger partial charge in [-0.1, -0.05) is 23.7 Å². The van der Waals surface area contributed by atoms with E-state index in [1.54, 1.807) is 12.1 Å². The van der Waals surface area contributed by atoms with Crippen LogP contribution in [0, 0.1) is 5.82 Å². The smallest absolute Gasteiger partial charge is 0.261 e. The standard InChI is InChI=1S/C13H8BrCl2FO3S/c14-10-6-9(21(16,18)19)4-5-12(10)20-7-8-2-1-3-11(15)13(8)17/h1-6H,7H2. The number of ether oxygens (including phenoxy) is 1. The van der Waals surface area contributed by atoms with Crippen LogP contribution in [0.3, 0.4) is 0 Å². The number of hydrogen-bond donors (Lipinski definition) is 0. The Morgan fingerprint density at radius 3 is 2.57 bits per heavy atom. The van der Waals surface area contributed by atoms with Crippen LogP contribution in [0.2, 0.25) is 5.02 Å². The maximum atomic E-state index is 13.7. The van der Waals surface area contributed by atoms with Crippen LogP contribution in [-0.2, 0) is 15.7 Å². The van der Waals surface area contributed by atoms with Crippen LogP contribution in [0.5, 0.6) is 5.75 Å². The van der Waals surface area contributed by atoms with Crippen molar-refractivity contribution in [2.45, 2.75) is 11.5 Å². The van der Waals surface area contributed by atoms with Gasteiger partial charge in [0.25, 0.3) is 9.05 Å². The summed E-state index contributed by atoms with van der Waals surface area (Å²) >= 11 is 8.85. The molecule has 0 atom stereocenters. The van der Waals surface area contributed by atoms with Crippen LogP contribution in [0.25, 0.3) is 0 Å². The number of benzene rings is 2. The number of hydrogen-bond acceptors (Lipinski definition) is 3. The molecule has 112 valence electrons. The first-order chi connectivity index (χ1) is 9.79. The zero-order chi connectivity index (χ0) is 15.6. The predicted molar refractivity (Wildman–Crippen MR) is 82.9 cm³/mol. The molecule has 0 spiro atoms. The van der Waals surface area contributed by atoms with Crippen molar-refractivity contribution >= 4 is 47.3 Å². The Morgan fingerprint density at radius 1 is 1.24 bits per heavy atom. The lowest BCUT2D eigenvalue weighted by atomic mass is 10.2. The average Bonchev–Trinajstić information content (AvgIpc) is 2.40. The van der Waals surface area contributed by atoms with E-state index in [0.29, 0.717) is 15.8 Å². The molecule has 0 saturated heterocycles. The molecule has 0 fully saturated rings. The van der Waals surface area contributed by atoms with E-state index in [1.165, 1.54) is 24.3 Å². The first kappa shape index (κ1) is 16.5. The van der Waals surface area contributed by atoms with Gasteiger partial charge in [0.1, 0.15) is 18.2 Å². The van der Waals surface area contributed by atoms with Crippen molar-refractivity contribution in [2.75, 3.05) is 0 Å². The van der Waals surface area contributed by atoms with Gasteiger partial charge in [-0.2, -0.15) is 0 Å². The highest BCUT2D eigenvalue weighted by Gasteiger charge is 2.13. The Balaban J connectivity index is 2.19. The number of rotatable bonds is 4. The van der Waals surface area contributed by atoms with Crippen LogP contribution in [0.15, 0.2) is 45.8 Å². The summed E-state index contributed by atoms with van der Waals surface area (Å²) in [7, 11) is 1.43. The molecule has 0 saturated carbocycles. The summed E-state index contributed by atoms with van der Waals surface area (Å²) in [6.45, 7) is -0.0437. The molecule has 0 amide bonds. The largest absolute Gasteiger partial charge is 0.488 e. The molecule has 3 nitrogen and oxygen atoms in total. The topological polar surface area (TPSA) is 43.4 Å². The van der Waals surface area contributed by atoms with Crippen molar-refractivity contribution in [3.63, 3.8) is 0 Å². The first-order valence-corrected chi connectivity index (χ1v) is 9.07. The molecule has 0 aromatic heterocycles. The highest BCUT2D eigenvalue weighted by molar-refractivity contribution is 9.10. The lowest BCUT2D eigenvalue weighted by Crippen LogP contribution is -2.00. The Morgan fingerprint density at radius 2 is 1.95 bits per heavy atom. The van der Waals surface area contributed by atoms with Crippen molar-refractivity contribution in [3.8, 4) is 5.75 Å². The van der Waals surface area contributed by atoms with E-state index < -0.39 is 14.9 Å². The molecule has 0 heterocycles. The molecule has 0 aliphatic heterocycles. The second-order valence-corrected chi connectivity index (χ2v) is 7.86. The van der Waals surface area contributed by atoms with Gasteiger partial charge in [0.05, 0.1) is 14.4 Å². The van der Waals surface area contributed by atoms with Crippen LogP contribution in [-0.4, -0.2) is 8.42 Å². The fraction of sp³-hybridized carbons (Fsp3) is 0.0769. The molecule has 0 bridgehead atoms. The maximum Gasteiger partial charge on any atom is 0.261 e. The molecular formula is C13H8BrCl2FO3S. The molecule has 8 heteroatoms. The van der Waals surface area contributed by atoms with Gasteiger partial charge in [-0.05, 0) is 40.2 Å². The van der Waals surface area contributed by atoms with Gasteiger partial charge in [-0.3, -0.25) is 0 Å². The van der Waals surface area contributed by atoms with E-state index in [9.17, 15) is 12.8 Å². The van der Waals surface area contributed by atoms with Gasteiger partial charge in [0.15, 0.2) is 0 Å². The van der Waals surface area contributed by atoms with Gasteiger partial charge in [0, 0.05) is 16.2 Å². The molecule has 0 radical (unpaired) electrons. The second kappa shape index (κ2) is 6.52. The van der Waals surface area contributed by atoms with Crippen LogP contribution in [0.1, 0.15) is 5.56 Å². The van der Waals surface area contributed by atoms with Gasteiger partial charge in [-0.15, -0.1) is 0 Å². The maximum absolute atomic E-state index is 13.7. The average molecular weight is 414 g/mol. The van der Waals surface area contributed by atoms with E-state index in [1.807, 2.05) is 0 Å². The minimum Gasteiger partial charge on any atom is -0.488 e. The monoisotopic (exact) mass is 412 g/mol. The second-order valence-electron chi connectivity index (χ2n) is 4.03. The Kier molecular flexibility index (Phi) is 5.14. The quantitative estimate of drug-likeness (QED) is 0.679. The van der Waals surface area contributed by atoms with Crippen molar-refractivity contribution in [2.24, 2.45) is 0 Å². The summed E-state index contributed by atoms with van der Waals surface area (Å²) in [6.07, 6.45) is 0. The lowest BCUT2D eigenvalue weighted by molar-refractivity contribution is 0.298. The molecule has 2 aromatic carbocycles. The summed E-state index contributed by atoms with van der Waals surface area (Å²) in [5.74, 6) is -0.186. The molecule has 0 unspecified atom stereocenters. The van der Waals surface area contributed by atoms with Gasteiger partial charge in [0.2, 0.25) is 0 Å². The molecular weight excluding hydrogens is 406 g/mol. The first-order valence-electron chi connectivity index (χ1n) is 5.59. The van der Waals surface area contributed by atoms with Crippen molar-refractivity contribution in [1.29, 1.82) is 0 Å². The fourth-order valence-corrected chi connectivity index (χ4v) is 3.18. The van der Waals surface area contributed by atoms with Gasteiger partial charge in [-0.25, -0.2) is 12.8 Å². The van der Waals surface area contributed by atoms with Crippen LogP contribution >= 0.6 is 38.2 Å². The van der Waals surface area contributed by atoms with Crippen molar-refractivity contribution in [3.05, 3.63) is 57.3 Å². The summed E-state index contributed by atoms with van der Waals surface area (Å²) in [6, 6.07) is 8.65. The molecule has 2 aromatic rings. The molecule has 0 aliphatic rings. The SMILES string of the molecule is O=S(=O)(Cl)c1ccc(OCc2cccc(Cl)c2F)c(Br)c1. The van der Waals surface area contributed by atoms with Gasteiger partial charge < -0.3 is 4.74 Å². The Hall–Kier alpha value is -0.820. The van der Waals surface area contributed by atoms with Crippen molar-refractivity contribution < 1.29 is 17.5 Å². The number of halogens is 4. The Labute approximate surface area is 139 Å². The van der Waals surface area contributed by atoms with E-state index in [2.05, 4.69) is 15.9 Å². The van der Waals surface area contributed by atoms with Crippen molar-refractivity contribution in [1.82, 2.24) is 0 Å². The van der Waals surface area contributed by atoms with E-state index in [4.69, 9.17) is 27.0 Å². The molecule has 21 heavy (non-hydrogen) atoms. The zero-order valence-corrected chi connectivity index (χ0v) is 14.2. The third kappa shape index (κ3) is 4.10. The van der Waals surface area contributed by atoms with E-state index in [-0.39, 0.29) is 16.5 Å². The van der Waals surface area contributed by atoms with E-state index in [0.717, 1.165) is 0 Å². The predicted octanol–water partition coefficient (Wildman–Crippen LogP) is 4.75. The molecule has 0 N–H and O–H groups in total. The molecule has 0 aliphatic carbocycles.